The first-order chi connectivity index (χ1) is 8.08. The van der Waals surface area contributed by atoms with E-state index < -0.39 is 6.03 Å². The molecular formula is C11H15ClN4O. The number of nitrogens with two attached hydrogens (primary N) is 1. The van der Waals surface area contributed by atoms with Crippen LogP contribution in [0.1, 0.15) is 12.5 Å². The lowest BCUT2D eigenvalue weighted by Gasteiger charge is -2.12. The lowest BCUT2D eigenvalue weighted by molar-refractivity contribution is 0.256. The van der Waals surface area contributed by atoms with Gasteiger partial charge in [-0.1, -0.05) is 30.7 Å². The highest BCUT2D eigenvalue weighted by molar-refractivity contribution is 6.34. The summed E-state index contributed by atoms with van der Waals surface area (Å²) >= 11 is 6.02. The number of amides is 2. The van der Waals surface area contributed by atoms with Gasteiger partial charge in [0.15, 0.2) is 5.96 Å². The van der Waals surface area contributed by atoms with E-state index in [0.717, 1.165) is 12.0 Å². The zero-order chi connectivity index (χ0) is 12.8. The smallest absolute Gasteiger partial charge is 0.326 e. The molecule has 5 nitrogen and oxygen atoms in total. The number of guanidine groups is 1. The fourth-order valence-electron chi connectivity index (χ4n) is 1.32. The van der Waals surface area contributed by atoms with Crippen molar-refractivity contribution in [2.24, 2.45) is 10.7 Å². The Kier molecular flexibility index (Phi) is 4.78. The molecule has 4 N–H and O–H groups in total. The molecule has 0 saturated carbocycles. The summed E-state index contributed by atoms with van der Waals surface area (Å²) in [6.45, 7) is 1.98. The van der Waals surface area contributed by atoms with E-state index >= 15 is 0 Å². The summed E-state index contributed by atoms with van der Waals surface area (Å²) in [4.78, 5) is 15.2. The van der Waals surface area contributed by atoms with Crippen LogP contribution in [0.3, 0.4) is 0 Å². The molecule has 1 aromatic carbocycles. The second-order valence-electron chi connectivity index (χ2n) is 3.32. The minimum atomic E-state index is -0.462. The number of carbonyl (C=O) groups is 1. The number of nitrogens with zero attached hydrogens (tertiary/aromatic N) is 1. The molecule has 92 valence electrons. The molecule has 2 amide bonds. The zero-order valence-electron chi connectivity index (χ0n) is 9.75. The van der Waals surface area contributed by atoms with Crippen LogP contribution >= 0.6 is 11.6 Å². The van der Waals surface area contributed by atoms with Gasteiger partial charge < -0.3 is 11.1 Å². The molecule has 1 rings (SSSR count). The first kappa shape index (κ1) is 13.3. The maximum Gasteiger partial charge on any atom is 0.326 e. The van der Waals surface area contributed by atoms with Crippen LogP contribution in [-0.4, -0.2) is 19.0 Å². The zero-order valence-corrected chi connectivity index (χ0v) is 10.5. The van der Waals surface area contributed by atoms with Gasteiger partial charge in [-0.15, -0.1) is 0 Å². The normalized spacial score (nSPS) is 11.1. The van der Waals surface area contributed by atoms with Gasteiger partial charge in [0.2, 0.25) is 0 Å². The standard InChI is InChI=1S/C11H15ClN4O/c1-3-7-5-4-6-8(12)9(7)15-11(17)16-10(13)14-2/h4-6H,3H2,1-2H3,(H4,13,14,15,16,17). The maximum atomic E-state index is 11.6. The van der Waals surface area contributed by atoms with E-state index in [4.69, 9.17) is 17.3 Å². The molecule has 0 aliphatic carbocycles. The quantitative estimate of drug-likeness (QED) is 0.557. The van der Waals surface area contributed by atoms with Gasteiger partial charge in [0, 0.05) is 7.05 Å². The first-order valence-electron chi connectivity index (χ1n) is 5.16. The predicted molar refractivity (Wildman–Crippen MR) is 70.5 cm³/mol. The molecule has 0 spiro atoms. The summed E-state index contributed by atoms with van der Waals surface area (Å²) < 4.78 is 0. The van der Waals surface area contributed by atoms with Crippen LogP contribution in [-0.2, 0) is 6.42 Å². The molecule has 0 atom stereocenters. The van der Waals surface area contributed by atoms with Crippen LogP contribution in [0.2, 0.25) is 5.02 Å². The van der Waals surface area contributed by atoms with Crippen molar-refractivity contribution in [3.05, 3.63) is 28.8 Å². The van der Waals surface area contributed by atoms with Crippen LogP contribution in [0.15, 0.2) is 23.2 Å². The van der Waals surface area contributed by atoms with E-state index in [1.165, 1.54) is 7.05 Å². The summed E-state index contributed by atoms with van der Waals surface area (Å²) in [6, 6.07) is 4.99. The van der Waals surface area contributed by atoms with Crippen LogP contribution in [0.25, 0.3) is 0 Å². The Morgan fingerprint density at radius 1 is 1.53 bits per heavy atom. The summed E-state index contributed by atoms with van der Waals surface area (Å²) in [5.41, 5.74) is 6.93. The Balaban J connectivity index is 2.84. The number of halogens is 1. The molecule has 0 heterocycles. The van der Waals surface area contributed by atoms with Gasteiger partial charge in [-0.25, -0.2) is 4.79 Å². The third-order valence-corrected chi connectivity index (χ3v) is 2.52. The molecule has 0 unspecified atom stereocenters. The molecular weight excluding hydrogens is 240 g/mol. The number of hydrogen-bond donors (Lipinski definition) is 3. The lowest BCUT2D eigenvalue weighted by atomic mass is 10.1. The minimum absolute atomic E-state index is 0.0487. The van der Waals surface area contributed by atoms with Crippen molar-refractivity contribution in [1.29, 1.82) is 0 Å². The molecule has 0 fully saturated rings. The fourth-order valence-corrected chi connectivity index (χ4v) is 1.56. The van der Waals surface area contributed by atoms with Crippen molar-refractivity contribution in [2.75, 3.05) is 12.4 Å². The van der Waals surface area contributed by atoms with Crippen molar-refractivity contribution >= 4 is 29.3 Å². The van der Waals surface area contributed by atoms with E-state index in [-0.39, 0.29) is 5.96 Å². The topological polar surface area (TPSA) is 79.5 Å². The summed E-state index contributed by atoms with van der Waals surface area (Å²) in [7, 11) is 1.49. The monoisotopic (exact) mass is 254 g/mol. The van der Waals surface area contributed by atoms with Gasteiger partial charge in [0.05, 0.1) is 10.7 Å². The Labute approximate surface area is 105 Å². The first-order valence-corrected chi connectivity index (χ1v) is 5.54. The number of carbonyl (C=O) groups excluding carboxylic acids is 1. The number of benzene rings is 1. The second-order valence-corrected chi connectivity index (χ2v) is 3.72. The summed E-state index contributed by atoms with van der Waals surface area (Å²) in [5, 5.41) is 5.52. The van der Waals surface area contributed by atoms with E-state index in [1.54, 1.807) is 6.07 Å². The van der Waals surface area contributed by atoms with Crippen molar-refractivity contribution in [1.82, 2.24) is 5.32 Å². The third kappa shape index (κ3) is 3.64. The molecule has 6 heteroatoms. The highest BCUT2D eigenvalue weighted by Gasteiger charge is 2.09. The van der Waals surface area contributed by atoms with Gasteiger partial charge >= 0.3 is 6.03 Å². The van der Waals surface area contributed by atoms with Crippen molar-refractivity contribution < 1.29 is 4.79 Å². The lowest BCUT2D eigenvalue weighted by Crippen LogP contribution is -2.39. The number of para-hydroxylation sites is 1. The van der Waals surface area contributed by atoms with Gasteiger partial charge in [-0.3, -0.25) is 10.3 Å². The Bertz CT molecular complexity index is 445. The van der Waals surface area contributed by atoms with Crippen LogP contribution < -0.4 is 16.4 Å². The van der Waals surface area contributed by atoms with Crippen LogP contribution in [0.4, 0.5) is 10.5 Å². The Morgan fingerprint density at radius 3 is 2.82 bits per heavy atom. The number of aliphatic imine (C=N–C) groups is 1. The SMILES string of the molecule is CCc1cccc(Cl)c1NC(=O)NC(N)=NC. The average Bonchev–Trinajstić information content (AvgIpc) is 2.31. The highest BCUT2D eigenvalue weighted by atomic mass is 35.5. The number of nitrogens with one attached hydrogen (secondary N) is 2. The molecule has 0 aliphatic heterocycles. The maximum absolute atomic E-state index is 11.6. The van der Waals surface area contributed by atoms with Crippen molar-refractivity contribution in [3.8, 4) is 0 Å². The third-order valence-electron chi connectivity index (χ3n) is 2.20. The number of urea groups is 1. The Morgan fingerprint density at radius 2 is 2.24 bits per heavy atom. The molecule has 17 heavy (non-hydrogen) atoms. The average molecular weight is 255 g/mol. The van der Waals surface area contributed by atoms with Gasteiger partial charge in [0.25, 0.3) is 0 Å². The Hall–Kier alpha value is -1.75. The van der Waals surface area contributed by atoms with Gasteiger partial charge in [-0.05, 0) is 18.1 Å². The molecule has 0 radical (unpaired) electrons. The summed E-state index contributed by atoms with van der Waals surface area (Å²) in [6.07, 6.45) is 0.771. The molecule has 0 aromatic heterocycles. The number of anilines is 1. The van der Waals surface area contributed by atoms with E-state index in [0.29, 0.717) is 10.7 Å². The molecule has 1 aromatic rings. The largest absolute Gasteiger partial charge is 0.370 e. The highest BCUT2D eigenvalue weighted by Crippen LogP contribution is 2.26. The second kappa shape index (κ2) is 6.10. The van der Waals surface area contributed by atoms with E-state index in [9.17, 15) is 4.79 Å². The minimum Gasteiger partial charge on any atom is -0.370 e. The van der Waals surface area contributed by atoms with Crippen LogP contribution in [0, 0.1) is 0 Å². The molecule has 0 aliphatic rings. The molecule has 0 bridgehead atoms. The molecule has 0 saturated heterocycles. The van der Waals surface area contributed by atoms with Crippen molar-refractivity contribution in [2.45, 2.75) is 13.3 Å². The fraction of sp³-hybridized carbons (Fsp3) is 0.273. The summed E-state index contributed by atoms with van der Waals surface area (Å²) in [5.74, 6) is 0.0487. The van der Waals surface area contributed by atoms with Crippen LogP contribution in [0.5, 0.6) is 0 Å². The predicted octanol–water partition coefficient (Wildman–Crippen LogP) is 1.97. The van der Waals surface area contributed by atoms with E-state index in [2.05, 4.69) is 15.6 Å². The number of aryl methyl sites for hydroxylation is 1. The van der Waals surface area contributed by atoms with E-state index in [1.807, 2.05) is 19.1 Å². The number of hydrogen-bond acceptors (Lipinski definition) is 2. The van der Waals surface area contributed by atoms with Gasteiger partial charge in [0.1, 0.15) is 0 Å². The number of rotatable bonds is 2. The van der Waals surface area contributed by atoms with Gasteiger partial charge in [-0.2, -0.15) is 0 Å². The van der Waals surface area contributed by atoms with Crippen molar-refractivity contribution in [3.63, 3.8) is 0 Å².